The number of piperazine rings is 1. The van der Waals surface area contributed by atoms with Crippen LogP contribution >= 0.6 is 11.8 Å². The zero-order chi connectivity index (χ0) is 32.8. The van der Waals surface area contributed by atoms with Gasteiger partial charge in [0.1, 0.15) is 11.6 Å². The summed E-state index contributed by atoms with van der Waals surface area (Å²) in [6, 6.07) is 10.6. The lowest BCUT2D eigenvalue weighted by molar-refractivity contribution is -0.137. The van der Waals surface area contributed by atoms with E-state index in [-0.39, 0.29) is 6.42 Å². The van der Waals surface area contributed by atoms with Crippen LogP contribution in [0.25, 0.3) is 0 Å². The molecule has 0 spiro atoms. The molecule has 2 aromatic rings. The number of amides is 3. The average molecular weight is 651 g/mol. The van der Waals surface area contributed by atoms with Crippen LogP contribution in [0.2, 0.25) is 0 Å². The number of halogens is 3. The molecular weight excluding hydrogens is 609 g/mol. The number of nitrogens with one attached hydrogen (secondary N) is 2. The first-order valence-electron chi connectivity index (χ1n) is 15.0. The average Bonchev–Trinajstić information content (AvgIpc) is 2.95. The molecule has 0 aromatic heterocycles. The van der Waals surface area contributed by atoms with Crippen molar-refractivity contribution in [3.05, 3.63) is 48.0 Å². The molecular formula is C31H41F3N6O4S. The largest absolute Gasteiger partial charge is 0.444 e. The standard InChI is InChI=1S/C31H41F3N6O4S/c1-30(2,3)44-29(43)37-22(20-27(35)41)28(42)36-11-14-39-17-15-38(16-18-39)12-6-13-40-23-7-4-5-8-25(23)45-26-10-9-21(19-24(26)40)31(32,33)34/h4-5,7-10,19,22H,6,11-18,20H2,1-3H3,(H2,35,41)(H,36,42)(H,37,43)/t22-/m0/s1. The van der Waals surface area contributed by atoms with E-state index in [0.717, 1.165) is 60.7 Å². The lowest BCUT2D eigenvalue weighted by Crippen LogP contribution is -2.52. The van der Waals surface area contributed by atoms with Crippen LogP contribution in [0.3, 0.4) is 0 Å². The number of alkyl halides is 3. The maximum Gasteiger partial charge on any atom is 0.416 e. The molecule has 14 heteroatoms. The summed E-state index contributed by atoms with van der Waals surface area (Å²) in [6.45, 7) is 10.6. The van der Waals surface area contributed by atoms with Crippen LogP contribution in [-0.4, -0.2) is 91.7 Å². The predicted octanol–water partition coefficient (Wildman–Crippen LogP) is 4.20. The second-order valence-corrected chi connectivity index (χ2v) is 13.2. The number of nitrogens with two attached hydrogens (primary N) is 1. The summed E-state index contributed by atoms with van der Waals surface area (Å²) in [6.07, 6.45) is -4.79. The Bertz CT molecular complexity index is 1360. The third-order valence-electron chi connectivity index (χ3n) is 7.41. The van der Waals surface area contributed by atoms with Gasteiger partial charge in [-0.05, 0) is 64.1 Å². The van der Waals surface area contributed by atoms with Crippen molar-refractivity contribution < 1.29 is 32.3 Å². The van der Waals surface area contributed by atoms with E-state index in [1.807, 2.05) is 29.2 Å². The molecule has 4 N–H and O–H groups in total. The molecule has 0 radical (unpaired) electrons. The molecule has 4 rings (SSSR count). The molecule has 0 aliphatic carbocycles. The minimum Gasteiger partial charge on any atom is -0.444 e. The topological polar surface area (TPSA) is 120 Å². The molecule has 0 saturated carbocycles. The summed E-state index contributed by atoms with van der Waals surface area (Å²) in [5, 5.41) is 5.18. The van der Waals surface area contributed by atoms with Gasteiger partial charge in [-0.25, -0.2) is 4.79 Å². The zero-order valence-electron chi connectivity index (χ0n) is 25.8. The van der Waals surface area contributed by atoms with Crippen molar-refractivity contribution in [2.75, 3.05) is 57.3 Å². The molecule has 246 valence electrons. The summed E-state index contributed by atoms with van der Waals surface area (Å²) < 4.78 is 45.7. The van der Waals surface area contributed by atoms with E-state index < -0.39 is 41.3 Å². The van der Waals surface area contributed by atoms with Gasteiger partial charge in [-0.2, -0.15) is 13.2 Å². The van der Waals surface area contributed by atoms with Gasteiger partial charge in [-0.3, -0.25) is 14.5 Å². The van der Waals surface area contributed by atoms with Crippen molar-refractivity contribution in [3.63, 3.8) is 0 Å². The predicted molar refractivity (Wildman–Crippen MR) is 166 cm³/mol. The van der Waals surface area contributed by atoms with Gasteiger partial charge in [0, 0.05) is 55.6 Å². The molecule has 2 aromatic carbocycles. The summed E-state index contributed by atoms with van der Waals surface area (Å²) in [5.41, 5.74) is 5.35. The van der Waals surface area contributed by atoms with Gasteiger partial charge in [0.2, 0.25) is 11.8 Å². The van der Waals surface area contributed by atoms with Crippen molar-refractivity contribution in [1.82, 2.24) is 20.4 Å². The van der Waals surface area contributed by atoms with Crippen molar-refractivity contribution >= 4 is 41.0 Å². The minimum absolute atomic E-state index is 0.329. The lowest BCUT2D eigenvalue weighted by atomic mass is 10.1. The Hall–Kier alpha value is -3.49. The number of rotatable bonds is 11. The SMILES string of the molecule is CC(C)(C)OC(=O)N[C@@H](CC(N)=O)C(=O)NCCN1CCN(CCCN2c3ccccc3Sc3ccc(C(F)(F)F)cc32)CC1. The molecule has 1 saturated heterocycles. The third-order valence-corrected chi connectivity index (χ3v) is 8.54. The Balaban J connectivity index is 1.23. The first-order chi connectivity index (χ1) is 21.2. The van der Waals surface area contributed by atoms with E-state index >= 15 is 0 Å². The first-order valence-corrected chi connectivity index (χ1v) is 15.8. The van der Waals surface area contributed by atoms with Crippen molar-refractivity contribution in [2.24, 2.45) is 5.73 Å². The van der Waals surface area contributed by atoms with Gasteiger partial charge >= 0.3 is 12.3 Å². The number of nitrogens with zero attached hydrogens (tertiary/aromatic N) is 3. The Morgan fingerprint density at radius 3 is 2.22 bits per heavy atom. The summed E-state index contributed by atoms with van der Waals surface area (Å²) in [5.74, 6) is -1.24. The molecule has 10 nitrogen and oxygen atoms in total. The number of benzene rings is 2. The number of ether oxygens (including phenoxy) is 1. The Kier molecular flexibility index (Phi) is 11.3. The van der Waals surface area contributed by atoms with Crippen LogP contribution in [0, 0.1) is 0 Å². The van der Waals surface area contributed by atoms with E-state index in [4.69, 9.17) is 10.5 Å². The number of carbonyl (C=O) groups excluding carboxylic acids is 3. The molecule has 1 atom stereocenters. The molecule has 2 aliphatic rings. The number of hydrogen-bond donors (Lipinski definition) is 3. The smallest absolute Gasteiger partial charge is 0.416 e. The fraction of sp³-hybridized carbons (Fsp3) is 0.516. The summed E-state index contributed by atoms with van der Waals surface area (Å²) in [4.78, 5) is 44.6. The fourth-order valence-corrected chi connectivity index (χ4v) is 6.33. The number of hydrogen-bond acceptors (Lipinski definition) is 8. The van der Waals surface area contributed by atoms with E-state index in [1.54, 1.807) is 26.8 Å². The van der Waals surface area contributed by atoms with Gasteiger partial charge in [0.05, 0.1) is 23.4 Å². The Labute approximate surface area is 265 Å². The van der Waals surface area contributed by atoms with Crippen molar-refractivity contribution in [1.29, 1.82) is 0 Å². The van der Waals surface area contributed by atoms with Crippen LogP contribution in [0.4, 0.5) is 29.3 Å². The van der Waals surface area contributed by atoms with Gasteiger partial charge in [0.15, 0.2) is 0 Å². The molecule has 0 unspecified atom stereocenters. The summed E-state index contributed by atoms with van der Waals surface area (Å²) in [7, 11) is 0. The molecule has 2 heterocycles. The number of carbonyl (C=O) groups is 3. The Morgan fingerprint density at radius 1 is 0.933 bits per heavy atom. The highest BCUT2D eigenvalue weighted by atomic mass is 32.2. The maximum absolute atomic E-state index is 13.5. The van der Waals surface area contributed by atoms with E-state index in [1.165, 1.54) is 17.8 Å². The second kappa shape index (κ2) is 14.7. The first kappa shape index (κ1) is 34.4. The molecule has 2 aliphatic heterocycles. The fourth-order valence-electron chi connectivity index (χ4n) is 5.26. The molecule has 1 fully saturated rings. The van der Waals surface area contributed by atoms with Gasteiger partial charge in [0.25, 0.3) is 0 Å². The number of fused-ring (bicyclic) bond motifs is 2. The monoisotopic (exact) mass is 650 g/mol. The van der Waals surface area contributed by atoms with E-state index in [0.29, 0.717) is 25.3 Å². The van der Waals surface area contributed by atoms with Crippen molar-refractivity contribution in [3.8, 4) is 0 Å². The van der Waals surface area contributed by atoms with Crippen LogP contribution < -0.4 is 21.3 Å². The maximum atomic E-state index is 13.5. The Morgan fingerprint density at radius 2 is 1.58 bits per heavy atom. The highest BCUT2D eigenvalue weighted by molar-refractivity contribution is 7.99. The summed E-state index contributed by atoms with van der Waals surface area (Å²) >= 11 is 1.49. The minimum atomic E-state index is -4.41. The van der Waals surface area contributed by atoms with Gasteiger partial charge in [-0.15, -0.1) is 0 Å². The number of primary amides is 1. The zero-order valence-corrected chi connectivity index (χ0v) is 26.6. The highest BCUT2D eigenvalue weighted by Gasteiger charge is 2.33. The normalized spacial score (nSPS) is 16.4. The second-order valence-electron chi connectivity index (χ2n) is 12.1. The number of para-hydroxylation sites is 1. The van der Waals surface area contributed by atoms with Crippen LogP contribution in [0.5, 0.6) is 0 Å². The van der Waals surface area contributed by atoms with Crippen LogP contribution in [-0.2, 0) is 20.5 Å². The van der Waals surface area contributed by atoms with E-state index in [2.05, 4.69) is 20.4 Å². The quantitative estimate of drug-likeness (QED) is 0.331. The van der Waals surface area contributed by atoms with Crippen molar-refractivity contribution in [2.45, 2.75) is 61.2 Å². The van der Waals surface area contributed by atoms with E-state index in [9.17, 15) is 27.6 Å². The van der Waals surface area contributed by atoms with Crippen LogP contribution in [0.1, 0.15) is 39.2 Å². The van der Waals surface area contributed by atoms with Gasteiger partial charge in [-0.1, -0.05) is 23.9 Å². The molecule has 3 amide bonds. The lowest BCUT2D eigenvalue weighted by Gasteiger charge is -2.36. The number of alkyl carbamates (subject to hydrolysis) is 1. The van der Waals surface area contributed by atoms with Gasteiger partial charge < -0.3 is 30.9 Å². The molecule has 0 bridgehead atoms. The van der Waals surface area contributed by atoms with Crippen LogP contribution in [0.15, 0.2) is 52.3 Å². The number of anilines is 2. The molecule has 45 heavy (non-hydrogen) atoms. The highest BCUT2D eigenvalue weighted by Crippen LogP contribution is 2.49. The third kappa shape index (κ3) is 10.00.